The minimum Gasteiger partial charge on any atom is -0.400 e. The van der Waals surface area contributed by atoms with Crippen LogP contribution in [0.1, 0.15) is 44.9 Å². The van der Waals surface area contributed by atoms with Crippen LogP contribution in [0.3, 0.4) is 0 Å². The van der Waals surface area contributed by atoms with E-state index in [4.69, 9.17) is 21.3 Å². The fourth-order valence-electron chi connectivity index (χ4n) is 4.36. The molecule has 166 valence electrons. The molecule has 8 nitrogen and oxygen atoms in total. The van der Waals surface area contributed by atoms with Crippen LogP contribution in [0.4, 0.5) is 0 Å². The van der Waals surface area contributed by atoms with E-state index in [1.165, 1.54) is 5.01 Å². The van der Waals surface area contributed by atoms with Crippen LogP contribution < -0.4 is 11.6 Å². The van der Waals surface area contributed by atoms with E-state index in [1.807, 2.05) is 25.3 Å². The van der Waals surface area contributed by atoms with Crippen molar-refractivity contribution in [1.82, 2.24) is 19.5 Å². The van der Waals surface area contributed by atoms with E-state index in [0.29, 0.717) is 17.3 Å². The monoisotopic (exact) mass is 424 g/mol. The number of rotatable bonds is 5. The van der Waals surface area contributed by atoms with Gasteiger partial charge in [0.15, 0.2) is 0 Å². The molecular weight excluding hydrogens is 392 g/mol. The number of aliphatic hydroxyl groups is 1. The van der Waals surface area contributed by atoms with Crippen molar-refractivity contribution < 1.29 is 9.84 Å². The van der Waals surface area contributed by atoms with Gasteiger partial charge in [0.05, 0.1) is 33.5 Å². The Hall–Kier alpha value is -2.68. The zero-order chi connectivity index (χ0) is 22.3. The molecule has 0 unspecified atom stereocenters. The van der Waals surface area contributed by atoms with Crippen molar-refractivity contribution in [3.05, 3.63) is 41.5 Å². The lowest BCUT2D eigenvalue weighted by atomic mass is 9.99. The SMILES string of the molecule is C/C(N)=C(\c1cc2c(cn1)c1ncc(C(C)(C)O)cc1n2CC1CCOCC1)N(C)N. The summed E-state index contributed by atoms with van der Waals surface area (Å²) in [6.07, 6.45) is 5.64. The predicted molar refractivity (Wildman–Crippen MR) is 123 cm³/mol. The van der Waals surface area contributed by atoms with Gasteiger partial charge in [0.25, 0.3) is 0 Å². The number of nitrogens with two attached hydrogens (primary N) is 2. The predicted octanol–water partition coefficient (Wildman–Crippen LogP) is 2.69. The number of hydrogen-bond acceptors (Lipinski definition) is 7. The summed E-state index contributed by atoms with van der Waals surface area (Å²) >= 11 is 0. The normalized spacial score (nSPS) is 16.7. The zero-order valence-corrected chi connectivity index (χ0v) is 18.7. The van der Waals surface area contributed by atoms with E-state index >= 15 is 0 Å². The molecule has 31 heavy (non-hydrogen) atoms. The van der Waals surface area contributed by atoms with Gasteiger partial charge in [-0.3, -0.25) is 9.97 Å². The van der Waals surface area contributed by atoms with Crippen LogP contribution in [-0.2, 0) is 16.9 Å². The van der Waals surface area contributed by atoms with Crippen LogP contribution in [0.15, 0.2) is 30.2 Å². The maximum absolute atomic E-state index is 10.6. The van der Waals surface area contributed by atoms with Crippen LogP contribution in [0.25, 0.3) is 27.6 Å². The van der Waals surface area contributed by atoms with Crippen molar-refractivity contribution in [3.8, 4) is 0 Å². The molecule has 0 amide bonds. The summed E-state index contributed by atoms with van der Waals surface area (Å²) in [4.78, 5) is 9.37. The summed E-state index contributed by atoms with van der Waals surface area (Å²) in [6, 6.07) is 4.08. The first kappa shape index (κ1) is 21.5. The minimum atomic E-state index is -0.973. The highest BCUT2D eigenvalue weighted by Gasteiger charge is 2.23. The molecule has 1 fully saturated rings. The van der Waals surface area contributed by atoms with Gasteiger partial charge in [-0.15, -0.1) is 0 Å². The van der Waals surface area contributed by atoms with Crippen molar-refractivity contribution in [2.75, 3.05) is 20.3 Å². The lowest BCUT2D eigenvalue weighted by molar-refractivity contribution is 0.0619. The number of ether oxygens (including phenoxy) is 1. The summed E-state index contributed by atoms with van der Waals surface area (Å²) in [5, 5.41) is 13.0. The second-order valence-corrected chi connectivity index (χ2v) is 9.05. The molecule has 0 radical (unpaired) electrons. The molecule has 4 rings (SSSR count). The largest absolute Gasteiger partial charge is 0.400 e. The second kappa shape index (κ2) is 8.11. The van der Waals surface area contributed by atoms with Crippen molar-refractivity contribution in [2.24, 2.45) is 17.5 Å². The highest BCUT2D eigenvalue weighted by atomic mass is 16.5. The number of nitrogens with zero attached hydrogens (tertiary/aromatic N) is 4. The average Bonchev–Trinajstić information content (AvgIpc) is 3.00. The fraction of sp³-hybridized carbons (Fsp3) is 0.478. The van der Waals surface area contributed by atoms with Gasteiger partial charge in [-0.05, 0) is 51.7 Å². The molecule has 0 bridgehead atoms. The summed E-state index contributed by atoms with van der Waals surface area (Å²) in [7, 11) is 1.76. The lowest BCUT2D eigenvalue weighted by Crippen LogP contribution is -2.27. The van der Waals surface area contributed by atoms with Crippen LogP contribution in [0, 0.1) is 5.92 Å². The molecule has 0 saturated carbocycles. The molecule has 5 N–H and O–H groups in total. The van der Waals surface area contributed by atoms with Crippen molar-refractivity contribution in [3.63, 3.8) is 0 Å². The van der Waals surface area contributed by atoms with Gasteiger partial charge in [0, 0.05) is 55.8 Å². The van der Waals surface area contributed by atoms with E-state index in [2.05, 4.69) is 9.55 Å². The lowest BCUT2D eigenvalue weighted by Gasteiger charge is -2.24. The number of hydrazine groups is 1. The third kappa shape index (κ3) is 4.11. The Bertz CT molecular complexity index is 1130. The smallest absolute Gasteiger partial charge is 0.0975 e. The van der Waals surface area contributed by atoms with E-state index in [0.717, 1.165) is 65.8 Å². The molecule has 3 aromatic heterocycles. The molecule has 1 aliphatic heterocycles. The first-order chi connectivity index (χ1) is 14.7. The van der Waals surface area contributed by atoms with Crippen molar-refractivity contribution >= 4 is 27.6 Å². The second-order valence-electron chi connectivity index (χ2n) is 9.05. The van der Waals surface area contributed by atoms with Gasteiger partial charge in [-0.1, -0.05) is 0 Å². The molecule has 3 aromatic rings. The number of pyridine rings is 2. The molecule has 8 heteroatoms. The quantitative estimate of drug-likeness (QED) is 0.426. The topological polar surface area (TPSA) is 115 Å². The zero-order valence-electron chi connectivity index (χ0n) is 18.7. The third-order valence-electron chi connectivity index (χ3n) is 6.04. The van der Waals surface area contributed by atoms with E-state index in [1.54, 1.807) is 27.1 Å². The van der Waals surface area contributed by atoms with Crippen LogP contribution in [0.2, 0.25) is 0 Å². The van der Waals surface area contributed by atoms with Crippen LogP contribution in [0.5, 0.6) is 0 Å². The minimum absolute atomic E-state index is 0.512. The van der Waals surface area contributed by atoms with Gasteiger partial charge in [-0.2, -0.15) is 0 Å². The van der Waals surface area contributed by atoms with Gasteiger partial charge in [0.1, 0.15) is 0 Å². The Morgan fingerprint density at radius 3 is 2.55 bits per heavy atom. The number of allylic oxidation sites excluding steroid dienone is 1. The third-order valence-corrected chi connectivity index (χ3v) is 6.04. The standard InChI is InChI=1S/C23H32N6O2/c1-14(24)22(28(4)25)18-10-19-17(12-26-18)21-20(9-16(11-27-21)23(2,3)30)29(19)13-15-5-7-31-8-6-15/h9-12,15,30H,5-8,13,24-25H2,1-4H3/b22-14-. The maximum atomic E-state index is 10.6. The molecule has 0 spiro atoms. The van der Waals surface area contributed by atoms with Crippen molar-refractivity contribution in [1.29, 1.82) is 0 Å². The van der Waals surface area contributed by atoms with Crippen LogP contribution >= 0.6 is 0 Å². The van der Waals surface area contributed by atoms with Gasteiger partial charge in [-0.25, -0.2) is 5.84 Å². The van der Waals surface area contributed by atoms with Crippen molar-refractivity contribution in [2.45, 2.75) is 45.8 Å². The first-order valence-electron chi connectivity index (χ1n) is 10.7. The maximum Gasteiger partial charge on any atom is 0.0975 e. The average molecular weight is 425 g/mol. The van der Waals surface area contributed by atoms with E-state index in [9.17, 15) is 5.11 Å². The Labute approximate surface area is 182 Å². The Morgan fingerprint density at radius 1 is 1.23 bits per heavy atom. The summed E-state index contributed by atoms with van der Waals surface area (Å²) in [5.74, 6) is 6.55. The molecule has 0 aliphatic carbocycles. The van der Waals surface area contributed by atoms with Crippen LogP contribution in [-0.4, -0.2) is 44.9 Å². The first-order valence-corrected chi connectivity index (χ1v) is 10.7. The van der Waals surface area contributed by atoms with E-state index < -0.39 is 5.60 Å². The molecule has 0 atom stereocenters. The molecule has 1 saturated heterocycles. The highest BCUT2D eigenvalue weighted by Crippen LogP contribution is 2.33. The Kier molecular flexibility index (Phi) is 5.63. The van der Waals surface area contributed by atoms with E-state index in [-0.39, 0.29) is 0 Å². The molecular formula is C23H32N6O2. The summed E-state index contributed by atoms with van der Waals surface area (Å²) in [5.41, 5.74) is 10.8. The summed E-state index contributed by atoms with van der Waals surface area (Å²) < 4.78 is 7.86. The van der Waals surface area contributed by atoms with Gasteiger partial charge >= 0.3 is 0 Å². The fourth-order valence-corrected chi connectivity index (χ4v) is 4.36. The Morgan fingerprint density at radius 2 is 1.94 bits per heavy atom. The number of hydrogen-bond donors (Lipinski definition) is 3. The summed E-state index contributed by atoms with van der Waals surface area (Å²) in [6.45, 7) is 7.80. The number of fused-ring (bicyclic) bond motifs is 3. The highest BCUT2D eigenvalue weighted by molar-refractivity contribution is 6.06. The van der Waals surface area contributed by atoms with Gasteiger partial charge in [0.2, 0.25) is 0 Å². The molecule has 1 aliphatic rings. The molecule has 0 aromatic carbocycles. The number of aromatic nitrogens is 3. The van der Waals surface area contributed by atoms with Gasteiger partial charge < -0.3 is 25.2 Å². The molecule has 4 heterocycles. The Balaban J connectivity index is 1.95.